The van der Waals surface area contributed by atoms with Crippen LogP contribution in [0.5, 0.6) is 0 Å². The Hall–Kier alpha value is -0.530. The van der Waals surface area contributed by atoms with Gasteiger partial charge in [-0.2, -0.15) is 0 Å². The van der Waals surface area contributed by atoms with Crippen LogP contribution in [0.15, 0.2) is 0 Å². The first-order chi connectivity index (χ1) is 4.04. The third-order valence-electron chi connectivity index (χ3n) is 1.43. The van der Waals surface area contributed by atoms with Crippen LogP contribution >= 0.6 is 0 Å². The lowest BCUT2D eigenvalue weighted by Crippen LogP contribution is -2.34. The molecule has 1 unspecified atom stereocenters. The highest BCUT2D eigenvalue weighted by Gasteiger charge is 2.05. The summed E-state index contributed by atoms with van der Waals surface area (Å²) < 4.78 is 0. The Balaban J connectivity index is 3.50. The van der Waals surface area contributed by atoms with Crippen molar-refractivity contribution in [3.8, 4) is 0 Å². The zero-order valence-corrected chi connectivity index (χ0v) is 6.56. The molecule has 0 radical (unpaired) electrons. The zero-order chi connectivity index (χ0) is 7.44. The third-order valence-corrected chi connectivity index (χ3v) is 1.43. The van der Waals surface area contributed by atoms with Gasteiger partial charge in [-0.15, -0.1) is 0 Å². The van der Waals surface area contributed by atoms with Crippen LogP contribution in [-0.4, -0.2) is 11.9 Å². The van der Waals surface area contributed by atoms with E-state index in [9.17, 15) is 4.79 Å². The molecule has 0 rings (SSSR count). The van der Waals surface area contributed by atoms with Crippen LogP contribution in [0, 0.1) is 5.92 Å². The van der Waals surface area contributed by atoms with Crippen molar-refractivity contribution < 1.29 is 4.79 Å². The van der Waals surface area contributed by atoms with Crippen molar-refractivity contribution in [2.24, 2.45) is 5.92 Å². The fraction of sp³-hybridized carbons (Fsp3) is 0.857. The largest absolute Gasteiger partial charge is 0.354 e. The lowest BCUT2D eigenvalue weighted by atomic mass is 10.1. The van der Waals surface area contributed by atoms with Gasteiger partial charge in [-0.25, -0.2) is 0 Å². The van der Waals surface area contributed by atoms with Gasteiger partial charge in [-0.3, -0.25) is 4.79 Å². The van der Waals surface area contributed by atoms with Crippen molar-refractivity contribution in [3.05, 3.63) is 0 Å². The van der Waals surface area contributed by atoms with E-state index in [0.717, 1.165) is 0 Å². The van der Waals surface area contributed by atoms with Gasteiger partial charge in [0.2, 0.25) is 5.91 Å². The molecule has 0 spiro atoms. The number of carbonyl (C=O) groups excluding carboxylic acids is 1. The summed E-state index contributed by atoms with van der Waals surface area (Å²) in [4.78, 5) is 10.4. The van der Waals surface area contributed by atoms with Crippen LogP contribution in [0.2, 0.25) is 0 Å². The standard InChI is InChI=1S/C7H15NO/c1-5(2)6(3)8-7(4)9/h5-6H,1-4H3,(H,8,9). The molecule has 0 saturated heterocycles. The van der Waals surface area contributed by atoms with Gasteiger partial charge < -0.3 is 5.32 Å². The summed E-state index contributed by atoms with van der Waals surface area (Å²) >= 11 is 0. The van der Waals surface area contributed by atoms with E-state index in [1.54, 1.807) is 6.92 Å². The van der Waals surface area contributed by atoms with Crippen molar-refractivity contribution in [2.45, 2.75) is 33.7 Å². The topological polar surface area (TPSA) is 29.1 Å². The highest BCUT2D eigenvalue weighted by atomic mass is 16.1. The molecule has 54 valence electrons. The minimum Gasteiger partial charge on any atom is -0.354 e. The van der Waals surface area contributed by atoms with E-state index in [1.165, 1.54) is 0 Å². The second-order valence-electron chi connectivity index (χ2n) is 2.73. The molecular weight excluding hydrogens is 114 g/mol. The summed E-state index contributed by atoms with van der Waals surface area (Å²) in [5.74, 6) is 0.574. The Morgan fingerprint density at radius 2 is 1.78 bits per heavy atom. The minimum absolute atomic E-state index is 0.0520. The maximum absolute atomic E-state index is 10.4. The van der Waals surface area contributed by atoms with Crippen molar-refractivity contribution >= 4 is 5.91 Å². The van der Waals surface area contributed by atoms with Crippen molar-refractivity contribution in [1.29, 1.82) is 0 Å². The molecule has 0 aromatic rings. The van der Waals surface area contributed by atoms with Crippen LogP contribution < -0.4 is 5.32 Å². The van der Waals surface area contributed by atoms with E-state index in [1.807, 2.05) is 6.92 Å². The van der Waals surface area contributed by atoms with Gasteiger partial charge in [-0.05, 0) is 12.8 Å². The summed E-state index contributed by atoms with van der Waals surface area (Å²) in [5, 5.41) is 2.80. The van der Waals surface area contributed by atoms with E-state index in [0.29, 0.717) is 12.0 Å². The molecule has 0 aromatic carbocycles. The highest BCUT2D eigenvalue weighted by molar-refractivity contribution is 5.73. The maximum atomic E-state index is 10.4. The lowest BCUT2D eigenvalue weighted by Gasteiger charge is -2.15. The summed E-state index contributed by atoms with van der Waals surface area (Å²) in [6, 6.07) is 0.294. The highest BCUT2D eigenvalue weighted by Crippen LogP contribution is 1.98. The summed E-state index contributed by atoms with van der Waals surface area (Å²) in [7, 11) is 0. The molecule has 0 heterocycles. The number of carbonyl (C=O) groups is 1. The molecule has 2 nitrogen and oxygen atoms in total. The average Bonchev–Trinajstić information content (AvgIpc) is 1.63. The number of hydrogen-bond donors (Lipinski definition) is 1. The molecule has 0 bridgehead atoms. The van der Waals surface area contributed by atoms with E-state index >= 15 is 0 Å². The maximum Gasteiger partial charge on any atom is 0.217 e. The van der Waals surface area contributed by atoms with Gasteiger partial charge in [0.05, 0.1) is 0 Å². The summed E-state index contributed by atoms with van der Waals surface area (Å²) in [5.41, 5.74) is 0. The smallest absolute Gasteiger partial charge is 0.217 e. The van der Waals surface area contributed by atoms with Gasteiger partial charge in [-0.1, -0.05) is 13.8 Å². The Bertz CT molecular complexity index is 99.1. The fourth-order valence-electron chi connectivity index (χ4n) is 0.487. The van der Waals surface area contributed by atoms with E-state index in [2.05, 4.69) is 19.2 Å². The first-order valence-corrected chi connectivity index (χ1v) is 3.31. The molecule has 0 aliphatic carbocycles. The van der Waals surface area contributed by atoms with Gasteiger partial charge in [0, 0.05) is 13.0 Å². The SMILES string of the molecule is CC(=O)NC(C)C(C)C. The number of rotatable bonds is 2. The Kier molecular flexibility index (Phi) is 3.28. The van der Waals surface area contributed by atoms with Crippen molar-refractivity contribution in [3.63, 3.8) is 0 Å². The molecule has 9 heavy (non-hydrogen) atoms. The molecule has 1 amide bonds. The van der Waals surface area contributed by atoms with Gasteiger partial charge >= 0.3 is 0 Å². The monoisotopic (exact) mass is 129 g/mol. The fourth-order valence-corrected chi connectivity index (χ4v) is 0.487. The van der Waals surface area contributed by atoms with Crippen LogP contribution in [0.25, 0.3) is 0 Å². The van der Waals surface area contributed by atoms with Crippen LogP contribution in [0.1, 0.15) is 27.7 Å². The molecule has 2 heteroatoms. The Morgan fingerprint density at radius 1 is 1.33 bits per heavy atom. The van der Waals surface area contributed by atoms with Gasteiger partial charge in [0.25, 0.3) is 0 Å². The third kappa shape index (κ3) is 4.01. The van der Waals surface area contributed by atoms with Crippen LogP contribution in [0.4, 0.5) is 0 Å². The quantitative estimate of drug-likeness (QED) is 0.595. The normalized spacial score (nSPS) is 13.4. The molecule has 1 N–H and O–H groups in total. The lowest BCUT2D eigenvalue weighted by molar-refractivity contribution is -0.119. The molecule has 1 atom stereocenters. The van der Waals surface area contributed by atoms with Crippen LogP contribution in [-0.2, 0) is 4.79 Å². The molecular formula is C7H15NO. The molecule has 0 aliphatic heterocycles. The molecule has 0 fully saturated rings. The first-order valence-electron chi connectivity index (χ1n) is 3.31. The van der Waals surface area contributed by atoms with E-state index < -0.39 is 0 Å². The van der Waals surface area contributed by atoms with E-state index in [-0.39, 0.29) is 5.91 Å². The number of nitrogens with one attached hydrogen (secondary N) is 1. The van der Waals surface area contributed by atoms with Crippen LogP contribution in [0.3, 0.4) is 0 Å². The average molecular weight is 129 g/mol. The molecule has 0 aliphatic rings. The zero-order valence-electron chi connectivity index (χ0n) is 6.56. The first kappa shape index (κ1) is 8.47. The number of amides is 1. The number of hydrogen-bond acceptors (Lipinski definition) is 1. The van der Waals surface area contributed by atoms with Gasteiger partial charge in [0.1, 0.15) is 0 Å². The minimum atomic E-state index is 0.0520. The van der Waals surface area contributed by atoms with E-state index in [4.69, 9.17) is 0 Å². The van der Waals surface area contributed by atoms with Crippen molar-refractivity contribution in [1.82, 2.24) is 5.32 Å². The van der Waals surface area contributed by atoms with Gasteiger partial charge in [0.15, 0.2) is 0 Å². The molecule has 0 saturated carbocycles. The second-order valence-corrected chi connectivity index (χ2v) is 2.73. The second kappa shape index (κ2) is 3.49. The van der Waals surface area contributed by atoms with Crippen molar-refractivity contribution in [2.75, 3.05) is 0 Å². The summed E-state index contributed by atoms with van der Waals surface area (Å²) in [6.07, 6.45) is 0. The Morgan fingerprint density at radius 3 is 1.89 bits per heavy atom. The predicted octanol–water partition coefficient (Wildman–Crippen LogP) is 1.17. The Labute approximate surface area is 56.6 Å². The predicted molar refractivity (Wildman–Crippen MR) is 38.1 cm³/mol. The molecule has 0 aromatic heterocycles. The summed E-state index contributed by atoms with van der Waals surface area (Å²) in [6.45, 7) is 7.71.